The number of halogens is 2. The van der Waals surface area contributed by atoms with Crippen LogP contribution in [0.1, 0.15) is 38.3 Å². The van der Waals surface area contributed by atoms with Crippen molar-refractivity contribution in [1.29, 1.82) is 0 Å². The SMILES string of the molecule is CC[C@H](C)NC(=O)[C@H](C)N(Cc1ccc(Cl)c(Cl)c1)C(=O)CSCc1ccc(OC)cc1. The quantitative estimate of drug-likeness (QED) is 0.441. The van der Waals surface area contributed by atoms with Crippen LogP contribution in [0.5, 0.6) is 5.75 Å². The van der Waals surface area contributed by atoms with Crippen molar-refractivity contribution in [2.75, 3.05) is 12.9 Å². The molecule has 0 aromatic heterocycles. The third-order valence-electron chi connectivity index (χ3n) is 5.16. The van der Waals surface area contributed by atoms with Gasteiger partial charge in [0.05, 0.1) is 22.9 Å². The number of carbonyl (C=O) groups is 2. The number of benzene rings is 2. The molecule has 1 N–H and O–H groups in total. The number of methoxy groups -OCH3 is 1. The van der Waals surface area contributed by atoms with Crippen molar-refractivity contribution in [1.82, 2.24) is 10.2 Å². The average Bonchev–Trinajstić information content (AvgIpc) is 2.79. The molecule has 2 aromatic carbocycles. The van der Waals surface area contributed by atoms with Crippen LogP contribution in [0.15, 0.2) is 42.5 Å². The number of thioether (sulfide) groups is 1. The van der Waals surface area contributed by atoms with Gasteiger partial charge in [-0.25, -0.2) is 0 Å². The molecule has 0 unspecified atom stereocenters. The van der Waals surface area contributed by atoms with E-state index >= 15 is 0 Å². The van der Waals surface area contributed by atoms with Crippen LogP contribution in [0.25, 0.3) is 0 Å². The highest BCUT2D eigenvalue weighted by Gasteiger charge is 2.26. The largest absolute Gasteiger partial charge is 0.497 e. The highest BCUT2D eigenvalue weighted by molar-refractivity contribution is 7.99. The van der Waals surface area contributed by atoms with Crippen LogP contribution >= 0.6 is 35.0 Å². The fourth-order valence-corrected chi connectivity index (χ4v) is 4.14. The molecule has 8 heteroatoms. The Morgan fingerprint density at radius 1 is 1.06 bits per heavy atom. The molecule has 0 aliphatic carbocycles. The highest BCUT2D eigenvalue weighted by Crippen LogP contribution is 2.24. The lowest BCUT2D eigenvalue weighted by Crippen LogP contribution is -2.50. The van der Waals surface area contributed by atoms with Gasteiger partial charge >= 0.3 is 0 Å². The van der Waals surface area contributed by atoms with Crippen LogP contribution in [0.4, 0.5) is 0 Å². The van der Waals surface area contributed by atoms with Crippen LogP contribution in [-0.4, -0.2) is 41.7 Å². The van der Waals surface area contributed by atoms with Gasteiger partial charge in [-0.3, -0.25) is 9.59 Å². The maximum absolute atomic E-state index is 13.1. The van der Waals surface area contributed by atoms with Crippen molar-refractivity contribution in [3.05, 3.63) is 63.6 Å². The van der Waals surface area contributed by atoms with Crippen LogP contribution in [0.2, 0.25) is 10.0 Å². The maximum atomic E-state index is 13.1. The fraction of sp³-hybridized carbons (Fsp3) is 0.417. The number of amides is 2. The zero-order valence-electron chi connectivity index (χ0n) is 18.9. The first-order valence-corrected chi connectivity index (χ1v) is 12.4. The topological polar surface area (TPSA) is 58.6 Å². The number of carbonyl (C=O) groups excluding carboxylic acids is 2. The number of rotatable bonds is 11. The van der Waals surface area contributed by atoms with Gasteiger partial charge in [-0.1, -0.05) is 48.3 Å². The highest BCUT2D eigenvalue weighted by atomic mass is 35.5. The summed E-state index contributed by atoms with van der Waals surface area (Å²) >= 11 is 13.7. The first-order valence-electron chi connectivity index (χ1n) is 10.5. The van der Waals surface area contributed by atoms with Crippen molar-refractivity contribution in [2.45, 2.75) is 51.6 Å². The molecule has 5 nitrogen and oxygen atoms in total. The molecule has 174 valence electrons. The summed E-state index contributed by atoms with van der Waals surface area (Å²) in [5.41, 5.74) is 1.92. The number of nitrogens with one attached hydrogen (secondary N) is 1. The van der Waals surface area contributed by atoms with Crippen molar-refractivity contribution < 1.29 is 14.3 Å². The molecule has 2 aromatic rings. The molecule has 2 atom stereocenters. The Morgan fingerprint density at radius 2 is 1.72 bits per heavy atom. The Morgan fingerprint density at radius 3 is 2.31 bits per heavy atom. The molecule has 0 aliphatic heterocycles. The lowest BCUT2D eigenvalue weighted by Gasteiger charge is -2.29. The molecule has 0 fully saturated rings. The maximum Gasteiger partial charge on any atom is 0.242 e. The van der Waals surface area contributed by atoms with Gasteiger partial charge in [0.2, 0.25) is 11.8 Å². The van der Waals surface area contributed by atoms with E-state index in [9.17, 15) is 9.59 Å². The van der Waals surface area contributed by atoms with Crippen LogP contribution in [-0.2, 0) is 21.9 Å². The van der Waals surface area contributed by atoms with Crippen molar-refractivity contribution in [3.63, 3.8) is 0 Å². The predicted octanol–water partition coefficient (Wildman–Crippen LogP) is 5.57. The monoisotopic (exact) mass is 496 g/mol. The Hall–Kier alpha value is -1.89. The molecule has 32 heavy (non-hydrogen) atoms. The Labute approximate surface area is 204 Å². The van der Waals surface area contributed by atoms with Gasteiger partial charge in [-0.2, -0.15) is 0 Å². The van der Waals surface area contributed by atoms with E-state index in [0.717, 1.165) is 23.3 Å². The zero-order valence-corrected chi connectivity index (χ0v) is 21.2. The summed E-state index contributed by atoms with van der Waals surface area (Å²) < 4.78 is 5.18. The molecule has 0 heterocycles. The Balaban J connectivity index is 2.09. The van der Waals surface area contributed by atoms with Crippen LogP contribution in [0.3, 0.4) is 0 Å². The van der Waals surface area contributed by atoms with Gasteiger partial charge in [-0.15, -0.1) is 11.8 Å². The van der Waals surface area contributed by atoms with E-state index in [1.54, 1.807) is 31.1 Å². The van der Waals surface area contributed by atoms with Crippen LogP contribution < -0.4 is 10.1 Å². The lowest BCUT2D eigenvalue weighted by atomic mass is 10.1. The molecule has 0 aliphatic rings. The second-order valence-electron chi connectivity index (χ2n) is 7.60. The molecule has 2 rings (SSSR count). The Bertz CT molecular complexity index is 909. The minimum atomic E-state index is -0.618. The first kappa shape index (κ1) is 26.4. The van der Waals surface area contributed by atoms with Crippen molar-refractivity contribution >= 4 is 46.8 Å². The minimum absolute atomic E-state index is 0.0383. The average molecular weight is 497 g/mol. The van der Waals surface area contributed by atoms with Gasteiger partial charge in [0.1, 0.15) is 11.8 Å². The van der Waals surface area contributed by atoms with E-state index in [1.165, 1.54) is 11.8 Å². The van der Waals surface area contributed by atoms with Crippen LogP contribution in [0, 0.1) is 0 Å². The van der Waals surface area contributed by atoms with Gasteiger partial charge < -0.3 is 15.0 Å². The van der Waals surface area contributed by atoms with Crippen molar-refractivity contribution in [2.24, 2.45) is 0 Å². The molecule has 0 saturated heterocycles. The van der Waals surface area contributed by atoms with E-state index in [2.05, 4.69) is 5.32 Å². The smallest absolute Gasteiger partial charge is 0.242 e. The summed E-state index contributed by atoms with van der Waals surface area (Å²) in [5, 5.41) is 3.83. The number of hydrogen-bond acceptors (Lipinski definition) is 4. The zero-order chi connectivity index (χ0) is 23.7. The summed E-state index contributed by atoms with van der Waals surface area (Å²) in [6.45, 7) is 5.97. The third-order valence-corrected chi connectivity index (χ3v) is 6.89. The Kier molecular flexibility index (Phi) is 10.7. The standard InChI is InChI=1S/C24H30Cl2N2O3S/c1-5-16(2)27-24(30)17(3)28(13-19-8-11-21(25)22(26)12-19)23(29)15-32-14-18-6-9-20(31-4)10-7-18/h6-12,16-17H,5,13-15H2,1-4H3,(H,27,30)/t16-,17-/m0/s1. The predicted molar refractivity (Wildman–Crippen MR) is 134 cm³/mol. The fourth-order valence-electron chi connectivity index (χ4n) is 2.94. The van der Waals surface area contributed by atoms with Gasteiger partial charge in [-0.05, 0) is 55.7 Å². The summed E-state index contributed by atoms with van der Waals surface area (Å²) in [7, 11) is 1.63. The second kappa shape index (κ2) is 13.0. The molecular formula is C24H30Cl2N2O3S. The third kappa shape index (κ3) is 7.91. The molecule has 0 spiro atoms. The molecule has 0 radical (unpaired) electrons. The summed E-state index contributed by atoms with van der Waals surface area (Å²) in [5.74, 6) is 1.45. The molecule has 0 saturated carbocycles. The van der Waals surface area contributed by atoms with E-state index in [0.29, 0.717) is 15.8 Å². The van der Waals surface area contributed by atoms with Crippen molar-refractivity contribution in [3.8, 4) is 5.75 Å². The first-order chi connectivity index (χ1) is 15.2. The second-order valence-corrected chi connectivity index (χ2v) is 9.40. The molecule has 2 amide bonds. The van der Waals surface area contributed by atoms with E-state index in [4.69, 9.17) is 27.9 Å². The van der Waals surface area contributed by atoms with E-state index in [1.807, 2.05) is 44.2 Å². The van der Waals surface area contributed by atoms with Gasteiger partial charge in [0.25, 0.3) is 0 Å². The summed E-state index contributed by atoms with van der Waals surface area (Å²) in [6, 6.07) is 12.4. The van der Waals surface area contributed by atoms with Gasteiger partial charge in [0, 0.05) is 18.3 Å². The summed E-state index contributed by atoms with van der Waals surface area (Å²) in [4.78, 5) is 27.5. The van der Waals surface area contributed by atoms with E-state index < -0.39 is 6.04 Å². The minimum Gasteiger partial charge on any atom is -0.497 e. The summed E-state index contributed by atoms with van der Waals surface area (Å²) in [6.07, 6.45) is 0.816. The number of nitrogens with zero attached hydrogens (tertiary/aromatic N) is 1. The van der Waals surface area contributed by atoms with Gasteiger partial charge in [0.15, 0.2) is 0 Å². The normalized spacial score (nSPS) is 12.7. The number of ether oxygens (including phenoxy) is 1. The lowest BCUT2D eigenvalue weighted by molar-refractivity contribution is -0.138. The molecule has 0 bridgehead atoms. The number of hydrogen-bond donors (Lipinski definition) is 1. The van der Waals surface area contributed by atoms with E-state index in [-0.39, 0.29) is 30.2 Å². The molecular weight excluding hydrogens is 467 g/mol.